The molecule has 0 aromatic heterocycles. The van der Waals surface area contributed by atoms with E-state index < -0.39 is 5.97 Å². The largest absolute Gasteiger partial charge is 0.478 e. The Labute approximate surface area is 152 Å². The monoisotopic (exact) mass is 348 g/mol. The predicted octanol–water partition coefficient (Wildman–Crippen LogP) is 3.59. The van der Waals surface area contributed by atoms with Gasteiger partial charge in [0, 0.05) is 18.8 Å². The third-order valence-electron chi connectivity index (χ3n) is 4.45. The summed E-state index contributed by atoms with van der Waals surface area (Å²) in [4.78, 5) is 13.3. The summed E-state index contributed by atoms with van der Waals surface area (Å²) in [5.74, 6) is -0.978. The van der Waals surface area contributed by atoms with Crippen LogP contribution < -0.4 is 4.90 Å². The highest BCUT2D eigenvalue weighted by Gasteiger charge is 2.13. The molecule has 1 N–H and O–H groups in total. The molecular weight excluding hydrogens is 328 g/mol. The third kappa shape index (κ3) is 3.93. The number of nitrogens with zero attached hydrogens (tertiary/aromatic N) is 2. The Balaban J connectivity index is 1.86. The van der Waals surface area contributed by atoms with Crippen molar-refractivity contribution in [3.8, 4) is 6.07 Å². The van der Waals surface area contributed by atoms with Crippen LogP contribution in [0.1, 0.15) is 27.0 Å². The van der Waals surface area contributed by atoms with Crippen LogP contribution in [0.15, 0.2) is 42.5 Å². The van der Waals surface area contributed by atoms with Crippen molar-refractivity contribution in [2.75, 3.05) is 31.2 Å². The summed E-state index contributed by atoms with van der Waals surface area (Å²) in [5, 5.41) is 18.5. The van der Waals surface area contributed by atoms with E-state index in [4.69, 9.17) is 9.84 Å². The minimum absolute atomic E-state index is 0.205. The van der Waals surface area contributed by atoms with Crippen molar-refractivity contribution in [2.24, 2.45) is 0 Å². The zero-order valence-corrected chi connectivity index (χ0v) is 14.6. The fraction of sp³-hybridized carbons (Fsp3) is 0.238. The first-order valence-corrected chi connectivity index (χ1v) is 8.47. The number of aryl methyl sites for hydroxylation is 1. The van der Waals surface area contributed by atoms with Crippen LogP contribution in [0, 0.1) is 18.3 Å². The maximum Gasteiger partial charge on any atom is 0.335 e. The third-order valence-corrected chi connectivity index (χ3v) is 4.45. The first-order valence-electron chi connectivity index (χ1n) is 8.47. The molecule has 0 bridgehead atoms. The van der Waals surface area contributed by atoms with Crippen molar-refractivity contribution < 1.29 is 14.6 Å². The predicted molar refractivity (Wildman–Crippen MR) is 101 cm³/mol. The first kappa shape index (κ1) is 17.7. The second-order valence-electron chi connectivity index (χ2n) is 6.20. The van der Waals surface area contributed by atoms with Gasteiger partial charge in [-0.2, -0.15) is 5.26 Å². The number of allylic oxidation sites excluding steroid dienone is 1. The maximum atomic E-state index is 11.0. The highest BCUT2D eigenvalue weighted by molar-refractivity contribution is 5.92. The SMILES string of the molecule is Cc1cc(/C=C(/C#N)c2ccc(C(=O)O)cc2)ccc1N1CCOCC1. The van der Waals surface area contributed by atoms with Crippen molar-refractivity contribution in [1.29, 1.82) is 5.26 Å². The number of hydrogen-bond donors (Lipinski definition) is 1. The number of hydrogen-bond acceptors (Lipinski definition) is 4. The molecule has 0 radical (unpaired) electrons. The van der Waals surface area contributed by atoms with Gasteiger partial charge in [-0.25, -0.2) is 4.79 Å². The van der Waals surface area contributed by atoms with Gasteiger partial charge in [0.2, 0.25) is 0 Å². The molecule has 1 fully saturated rings. The van der Waals surface area contributed by atoms with E-state index in [1.807, 2.05) is 12.1 Å². The Hall–Kier alpha value is -3.10. The fourth-order valence-electron chi connectivity index (χ4n) is 3.07. The molecule has 2 aromatic rings. The second kappa shape index (κ2) is 7.85. The lowest BCUT2D eigenvalue weighted by Gasteiger charge is -2.30. The smallest absolute Gasteiger partial charge is 0.335 e. The summed E-state index contributed by atoms with van der Waals surface area (Å²) >= 11 is 0. The van der Waals surface area contributed by atoms with Crippen LogP contribution >= 0.6 is 0 Å². The molecule has 1 aliphatic heterocycles. The zero-order valence-electron chi connectivity index (χ0n) is 14.6. The molecule has 5 heteroatoms. The van der Waals surface area contributed by atoms with Gasteiger partial charge in [-0.1, -0.05) is 18.2 Å². The van der Waals surface area contributed by atoms with E-state index >= 15 is 0 Å². The van der Waals surface area contributed by atoms with Crippen molar-refractivity contribution in [1.82, 2.24) is 0 Å². The Kier molecular flexibility index (Phi) is 5.35. The molecule has 1 heterocycles. The lowest BCUT2D eigenvalue weighted by molar-refractivity contribution is 0.0697. The highest BCUT2D eigenvalue weighted by atomic mass is 16.5. The van der Waals surface area contributed by atoms with Crippen LogP contribution in [-0.2, 0) is 4.74 Å². The van der Waals surface area contributed by atoms with E-state index in [-0.39, 0.29) is 5.56 Å². The summed E-state index contributed by atoms with van der Waals surface area (Å²) in [5.41, 5.74) is 4.69. The van der Waals surface area contributed by atoms with Crippen molar-refractivity contribution in [3.63, 3.8) is 0 Å². The summed E-state index contributed by atoms with van der Waals surface area (Å²) in [6.45, 7) is 5.32. The van der Waals surface area contributed by atoms with Gasteiger partial charge in [-0.05, 0) is 54.0 Å². The normalized spacial score (nSPS) is 14.8. The average Bonchev–Trinajstić information content (AvgIpc) is 2.67. The van der Waals surface area contributed by atoms with Gasteiger partial charge in [0.25, 0.3) is 0 Å². The Morgan fingerprint density at radius 1 is 1.15 bits per heavy atom. The average molecular weight is 348 g/mol. The number of benzene rings is 2. The van der Waals surface area contributed by atoms with Crippen molar-refractivity contribution in [2.45, 2.75) is 6.92 Å². The molecule has 0 aliphatic carbocycles. The van der Waals surface area contributed by atoms with Crippen LogP contribution in [0.5, 0.6) is 0 Å². The molecule has 2 aromatic carbocycles. The van der Waals surface area contributed by atoms with E-state index in [1.165, 1.54) is 17.8 Å². The van der Waals surface area contributed by atoms with Crippen molar-refractivity contribution in [3.05, 3.63) is 64.7 Å². The van der Waals surface area contributed by atoms with Gasteiger partial charge in [-0.3, -0.25) is 0 Å². The van der Waals surface area contributed by atoms with Gasteiger partial charge in [0.1, 0.15) is 0 Å². The van der Waals surface area contributed by atoms with E-state index in [9.17, 15) is 10.1 Å². The minimum Gasteiger partial charge on any atom is -0.478 e. The molecule has 0 atom stereocenters. The summed E-state index contributed by atoms with van der Waals surface area (Å²) in [6, 6.07) is 14.7. The minimum atomic E-state index is -0.978. The summed E-state index contributed by atoms with van der Waals surface area (Å²) < 4.78 is 5.40. The molecule has 5 nitrogen and oxygen atoms in total. The maximum absolute atomic E-state index is 11.0. The fourth-order valence-corrected chi connectivity index (χ4v) is 3.07. The number of nitriles is 1. The van der Waals surface area contributed by atoms with Crippen LogP contribution in [0.2, 0.25) is 0 Å². The van der Waals surface area contributed by atoms with Crippen LogP contribution in [-0.4, -0.2) is 37.4 Å². The Morgan fingerprint density at radius 2 is 1.81 bits per heavy atom. The number of aromatic carboxylic acids is 1. The number of carbonyl (C=O) groups is 1. The number of carboxylic acids is 1. The van der Waals surface area contributed by atoms with E-state index in [2.05, 4.69) is 30.0 Å². The lowest BCUT2D eigenvalue weighted by Crippen LogP contribution is -2.36. The molecule has 0 saturated carbocycles. The van der Waals surface area contributed by atoms with Crippen LogP contribution in [0.25, 0.3) is 11.6 Å². The van der Waals surface area contributed by atoms with E-state index in [0.717, 1.165) is 37.4 Å². The number of ether oxygens (including phenoxy) is 1. The Bertz CT molecular complexity index is 873. The molecule has 3 rings (SSSR count). The summed E-state index contributed by atoms with van der Waals surface area (Å²) in [7, 11) is 0. The van der Waals surface area contributed by atoms with Gasteiger partial charge in [0.15, 0.2) is 0 Å². The van der Waals surface area contributed by atoms with Gasteiger partial charge < -0.3 is 14.7 Å². The molecule has 132 valence electrons. The molecule has 0 spiro atoms. The molecule has 1 saturated heterocycles. The topological polar surface area (TPSA) is 73.6 Å². The zero-order chi connectivity index (χ0) is 18.5. The number of anilines is 1. The second-order valence-corrected chi connectivity index (χ2v) is 6.20. The van der Waals surface area contributed by atoms with E-state index in [1.54, 1.807) is 12.1 Å². The first-order chi connectivity index (χ1) is 12.6. The van der Waals surface area contributed by atoms with Crippen LogP contribution in [0.3, 0.4) is 0 Å². The van der Waals surface area contributed by atoms with E-state index in [0.29, 0.717) is 11.1 Å². The Morgan fingerprint density at radius 3 is 2.38 bits per heavy atom. The molecular formula is C21H20N2O3. The molecule has 0 unspecified atom stereocenters. The van der Waals surface area contributed by atoms with Crippen LogP contribution in [0.4, 0.5) is 5.69 Å². The van der Waals surface area contributed by atoms with Gasteiger partial charge in [0.05, 0.1) is 30.4 Å². The van der Waals surface area contributed by atoms with Crippen molar-refractivity contribution >= 4 is 23.3 Å². The molecule has 1 aliphatic rings. The highest BCUT2D eigenvalue weighted by Crippen LogP contribution is 2.25. The quantitative estimate of drug-likeness (QED) is 0.675. The van der Waals surface area contributed by atoms with Gasteiger partial charge in [-0.15, -0.1) is 0 Å². The summed E-state index contributed by atoms with van der Waals surface area (Å²) in [6.07, 6.45) is 1.83. The molecule has 26 heavy (non-hydrogen) atoms. The number of rotatable bonds is 4. The number of morpholine rings is 1. The number of carboxylic acid groups (broad SMARTS) is 1. The van der Waals surface area contributed by atoms with Gasteiger partial charge >= 0.3 is 5.97 Å². The standard InChI is InChI=1S/C21H20N2O3/c1-15-12-16(2-7-20(15)23-8-10-26-11-9-23)13-19(14-22)17-3-5-18(6-4-17)21(24)25/h2-7,12-13H,8-11H2,1H3,(H,24,25)/b19-13-. The lowest BCUT2D eigenvalue weighted by atomic mass is 10.0. The molecule has 0 amide bonds.